The number of hydrogen-bond acceptors (Lipinski definition) is 2. The standard InChI is InChI=1S/C15H26BrN3/c1-4-12-8-7-9-18(10-12)11-14-15(16)13(5-2)17-19(14)6-3/h12H,4-11H2,1-3H3. The molecular formula is C15H26BrN3. The first-order valence-corrected chi connectivity index (χ1v) is 8.45. The second kappa shape index (κ2) is 6.89. The minimum absolute atomic E-state index is 0.885. The monoisotopic (exact) mass is 327 g/mol. The molecule has 0 bridgehead atoms. The van der Waals surface area contributed by atoms with Crippen LogP contribution in [0.15, 0.2) is 4.47 Å². The number of rotatable bonds is 5. The van der Waals surface area contributed by atoms with Crippen molar-refractivity contribution in [3.63, 3.8) is 0 Å². The second-order valence-corrected chi connectivity index (χ2v) is 6.32. The smallest absolute Gasteiger partial charge is 0.0767 e. The van der Waals surface area contributed by atoms with Gasteiger partial charge in [0.05, 0.1) is 15.9 Å². The van der Waals surface area contributed by atoms with Crippen molar-refractivity contribution in [3.05, 3.63) is 15.9 Å². The number of likely N-dealkylation sites (tertiary alicyclic amines) is 1. The third-order valence-electron chi connectivity index (χ3n) is 4.25. The summed E-state index contributed by atoms with van der Waals surface area (Å²) < 4.78 is 3.40. The van der Waals surface area contributed by atoms with Crippen LogP contribution in [0.4, 0.5) is 0 Å². The summed E-state index contributed by atoms with van der Waals surface area (Å²) in [6.45, 7) is 11.1. The Balaban J connectivity index is 2.11. The number of halogens is 1. The van der Waals surface area contributed by atoms with Crippen LogP contribution in [0.3, 0.4) is 0 Å². The van der Waals surface area contributed by atoms with Crippen molar-refractivity contribution in [2.24, 2.45) is 5.92 Å². The Labute approximate surface area is 125 Å². The third-order valence-corrected chi connectivity index (χ3v) is 5.16. The van der Waals surface area contributed by atoms with E-state index in [0.29, 0.717) is 0 Å². The van der Waals surface area contributed by atoms with Crippen LogP contribution < -0.4 is 0 Å². The van der Waals surface area contributed by atoms with Gasteiger partial charge in [-0.3, -0.25) is 9.58 Å². The molecule has 1 atom stereocenters. The fourth-order valence-corrected chi connectivity index (χ4v) is 3.70. The highest BCUT2D eigenvalue weighted by Gasteiger charge is 2.22. The Hall–Kier alpha value is -0.350. The van der Waals surface area contributed by atoms with Crippen LogP contribution in [0.1, 0.15) is 51.4 Å². The fraction of sp³-hybridized carbons (Fsp3) is 0.800. The molecule has 1 aliphatic heterocycles. The maximum absolute atomic E-state index is 4.69. The summed E-state index contributed by atoms with van der Waals surface area (Å²) in [5.74, 6) is 0.885. The number of aromatic nitrogens is 2. The molecule has 1 saturated heterocycles. The van der Waals surface area contributed by atoms with E-state index in [1.54, 1.807) is 0 Å². The van der Waals surface area contributed by atoms with Gasteiger partial charge in [0, 0.05) is 19.6 Å². The Morgan fingerprint density at radius 2 is 2.11 bits per heavy atom. The van der Waals surface area contributed by atoms with Crippen LogP contribution in [0, 0.1) is 5.92 Å². The molecule has 2 heterocycles. The number of aryl methyl sites for hydroxylation is 2. The quantitative estimate of drug-likeness (QED) is 0.819. The van der Waals surface area contributed by atoms with Crippen LogP contribution in [0.25, 0.3) is 0 Å². The molecule has 2 rings (SSSR count). The van der Waals surface area contributed by atoms with Crippen molar-refractivity contribution >= 4 is 15.9 Å². The van der Waals surface area contributed by atoms with E-state index < -0.39 is 0 Å². The predicted octanol–water partition coefficient (Wildman–Crippen LogP) is 3.85. The fourth-order valence-electron chi connectivity index (χ4n) is 3.01. The van der Waals surface area contributed by atoms with Gasteiger partial charge in [0.2, 0.25) is 0 Å². The average molecular weight is 328 g/mol. The summed E-state index contributed by atoms with van der Waals surface area (Å²) in [5, 5.41) is 4.69. The lowest BCUT2D eigenvalue weighted by molar-refractivity contribution is 0.160. The molecule has 19 heavy (non-hydrogen) atoms. The molecular weight excluding hydrogens is 302 g/mol. The van der Waals surface area contributed by atoms with Crippen molar-refractivity contribution in [2.75, 3.05) is 13.1 Å². The third kappa shape index (κ3) is 3.40. The zero-order valence-corrected chi connectivity index (χ0v) is 14.0. The molecule has 0 amide bonds. The van der Waals surface area contributed by atoms with Gasteiger partial charge in [-0.1, -0.05) is 20.3 Å². The molecule has 3 nitrogen and oxygen atoms in total. The normalized spacial score (nSPS) is 20.9. The predicted molar refractivity (Wildman–Crippen MR) is 83.3 cm³/mol. The molecule has 1 aliphatic rings. The summed E-state index contributed by atoms with van der Waals surface area (Å²) in [5.41, 5.74) is 2.55. The van der Waals surface area contributed by atoms with E-state index in [1.165, 1.54) is 48.2 Å². The number of piperidine rings is 1. The highest BCUT2D eigenvalue weighted by Crippen LogP contribution is 2.26. The van der Waals surface area contributed by atoms with Crippen molar-refractivity contribution in [1.29, 1.82) is 0 Å². The van der Waals surface area contributed by atoms with E-state index in [1.807, 2.05) is 0 Å². The van der Waals surface area contributed by atoms with Gasteiger partial charge in [-0.05, 0) is 54.6 Å². The molecule has 4 heteroatoms. The van der Waals surface area contributed by atoms with Gasteiger partial charge in [0.15, 0.2) is 0 Å². The maximum atomic E-state index is 4.69. The molecule has 0 spiro atoms. The lowest BCUT2D eigenvalue weighted by atomic mass is 9.95. The van der Waals surface area contributed by atoms with E-state index in [2.05, 4.69) is 46.3 Å². The summed E-state index contributed by atoms with van der Waals surface area (Å²) in [6, 6.07) is 0. The number of nitrogens with zero attached hydrogens (tertiary/aromatic N) is 3. The Kier molecular flexibility index (Phi) is 5.46. The van der Waals surface area contributed by atoms with E-state index in [0.717, 1.165) is 25.4 Å². The molecule has 0 N–H and O–H groups in total. The molecule has 1 aromatic heterocycles. The summed E-state index contributed by atoms with van der Waals surface area (Å²) >= 11 is 3.75. The van der Waals surface area contributed by atoms with Gasteiger partial charge in [-0.25, -0.2) is 0 Å². The largest absolute Gasteiger partial charge is 0.297 e. The van der Waals surface area contributed by atoms with Gasteiger partial charge in [-0.15, -0.1) is 0 Å². The number of hydrogen-bond donors (Lipinski definition) is 0. The van der Waals surface area contributed by atoms with Crippen LogP contribution in [-0.4, -0.2) is 27.8 Å². The Morgan fingerprint density at radius 1 is 1.32 bits per heavy atom. The zero-order chi connectivity index (χ0) is 13.8. The van der Waals surface area contributed by atoms with Crippen molar-refractivity contribution in [2.45, 2.75) is 59.5 Å². The maximum Gasteiger partial charge on any atom is 0.0767 e. The first-order chi connectivity index (χ1) is 9.19. The van der Waals surface area contributed by atoms with Gasteiger partial charge >= 0.3 is 0 Å². The highest BCUT2D eigenvalue weighted by atomic mass is 79.9. The first-order valence-electron chi connectivity index (χ1n) is 7.65. The summed E-state index contributed by atoms with van der Waals surface area (Å²) in [7, 11) is 0. The van der Waals surface area contributed by atoms with Crippen molar-refractivity contribution in [1.82, 2.24) is 14.7 Å². The first kappa shape index (κ1) is 15.0. The molecule has 0 radical (unpaired) electrons. The lowest BCUT2D eigenvalue weighted by Crippen LogP contribution is -2.35. The van der Waals surface area contributed by atoms with E-state index in [9.17, 15) is 0 Å². The molecule has 1 unspecified atom stereocenters. The Morgan fingerprint density at radius 3 is 2.74 bits per heavy atom. The van der Waals surface area contributed by atoms with E-state index in [4.69, 9.17) is 5.10 Å². The van der Waals surface area contributed by atoms with Gasteiger partial charge in [-0.2, -0.15) is 5.10 Å². The molecule has 1 fully saturated rings. The van der Waals surface area contributed by atoms with Crippen LogP contribution in [-0.2, 0) is 19.5 Å². The van der Waals surface area contributed by atoms with E-state index >= 15 is 0 Å². The van der Waals surface area contributed by atoms with Gasteiger partial charge in [0.1, 0.15) is 0 Å². The summed E-state index contributed by atoms with van der Waals surface area (Å²) in [4.78, 5) is 2.60. The van der Waals surface area contributed by atoms with Crippen LogP contribution in [0.2, 0.25) is 0 Å². The van der Waals surface area contributed by atoms with Crippen LogP contribution in [0.5, 0.6) is 0 Å². The molecule has 1 aromatic rings. The highest BCUT2D eigenvalue weighted by molar-refractivity contribution is 9.10. The topological polar surface area (TPSA) is 21.1 Å². The Bertz CT molecular complexity index is 414. The second-order valence-electron chi connectivity index (χ2n) is 5.53. The van der Waals surface area contributed by atoms with Gasteiger partial charge < -0.3 is 0 Å². The lowest BCUT2D eigenvalue weighted by Gasteiger charge is -2.32. The average Bonchev–Trinajstić information content (AvgIpc) is 2.75. The SMILES string of the molecule is CCc1nn(CC)c(CN2CCCC(CC)C2)c1Br. The van der Waals surface area contributed by atoms with Crippen molar-refractivity contribution < 1.29 is 0 Å². The van der Waals surface area contributed by atoms with Gasteiger partial charge in [0.25, 0.3) is 0 Å². The minimum atomic E-state index is 0.885. The van der Waals surface area contributed by atoms with E-state index in [-0.39, 0.29) is 0 Å². The minimum Gasteiger partial charge on any atom is -0.297 e. The summed E-state index contributed by atoms with van der Waals surface area (Å²) in [6.07, 6.45) is 5.06. The molecule has 0 saturated carbocycles. The zero-order valence-electron chi connectivity index (χ0n) is 12.5. The molecule has 108 valence electrons. The van der Waals surface area contributed by atoms with Crippen LogP contribution >= 0.6 is 15.9 Å². The molecule has 0 aromatic carbocycles. The van der Waals surface area contributed by atoms with Crippen molar-refractivity contribution in [3.8, 4) is 0 Å². The molecule has 0 aliphatic carbocycles.